The van der Waals surface area contributed by atoms with Crippen LogP contribution in [0.2, 0.25) is 5.02 Å². The van der Waals surface area contributed by atoms with E-state index in [0.29, 0.717) is 45.3 Å². The summed E-state index contributed by atoms with van der Waals surface area (Å²) in [5, 5.41) is 28.6. The number of aromatic nitrogens is 1. The number of nitrogens with zero attached hydrogens (tertiary/aromatic N) is 2. The van der Waals surface area contributed by atoms with Crippen LogP contribution in [0.4, 0.5) is 4.79 Å². The first kappa shape index (κ1) is 49.5. The number of phenolic OH excluding ortho intramolecular Hbond substituents is 1. The molecule has 1 aromatic heterocycles. The highest BCUT2D eigenvalue weighted by molar-refractivity contribution is 6.30. The molecule has 15 heteroatoms. The predicted molar refractivity (Wildman–Crippen MR) is 274 cm³/mol. The molecule has 10 rings (SSSR count). The van der Waals surface area contributed by atoms with E-state index < -0.39 is 24.2 Å². The van der Waals surface area contributed by atoms with Gasteiger partial charge in [-0.25, -0.2) is 9.59 Å². The molecule has 3 aliphatic heterocycles. The summed E-state index contributed by atoms with van der Waals surface area (Å²) >= 11 is 6.15. The lowest BCUT2D eigenvalue weighted by Gasteiger charge is -2.43. The Morgan fingerprint density at radius 2 is 1.50 bits per heavy atom. The summed E-state index contributed by atoms with van der Waals surface area (Å²) in [6, 6.07) is 44.2. The van der Waals surface area contributed by atoms with Crippen LogP contribution in [-0.4, -0.2) is 88.4 Å². The second-order valence-electron chi connectivity index (χ2n) is 18.2. The van der Waals surface area contributed by atoms with Gasteiger partial charge in [0.05, 0.1) is 29.8 Å². The number of rotatable bonds is 19. The Labute approximate surface area is 422 Å². The zero-order chi connectivity index (χ0) is 50.0. The quantitative estimate of drug-likeness (QED) is 0.0489. The number of carbonyl (C=O) groups is 3. The molecular weight excluding hydrogens is 934 g/mol. The van der Waals surface area contributed by atoms with Crippen LogP contribution < -0.4 is 20.9 Å². The smallest absolute Gasteiger partial charge is 0.408 e. The van der Waals surface area contributed by atoms with Gasteiger partial charge in [0.2, 0.25) is 5.56 Å². The fourth-order valence-electron chi connectivity index (χ4n) is 9.38. The largest absolute Gasteiger partial charge is 0.506 e. The minimum Gasteiger partial charge on any atom is -0.506 e. The molecule has 370 valence electrons. The molecule has 72 heavy (non-hydrogen) atoms. The van der Waals surface area contributed by atoms with Crippen LogP contribution in [0.25, 0.3) is 10.9 Å². The molecule has 4 heterocycles. The Bertz CT molecular complexity index is 3040. The summed E-state index contributed by atoms with van der Waals surface area (Å²) in [7, 11) is 0. The molecule has 3 fully saturated rings. The van der Waals surface area contributed by atoms with Gasteiger partial charge in [-0.2, -0.15) is 0 Å². The van der Waals surface area contributed by atoms with Crippen LogP contribution in [-0.2, 0) is 29.2 Å². The number of amides is 2. The van der Waals surface area contributed by atoms with E-state index in [1.165, 1.54) is 12.1 Å². The minimum atomic E-state index is -0.923. The van der Waals surface area contributed by atoms with E-state index in [9.17, 15) is 29.4 Å². The number of aromatic hydroxyl groups is 1. The zero-order valence-corrected chi connectivity index (χ0v) is 40.3. The van der Waals surface area contributed by atoms with Gasteiger partial charge >= 0.3 is 12.1 Å². The number of piperidine rings is 3. The summed E-state index contributed by atoms with van der Waals surface area (Å²) in [6.07, 6.45) is 0.624. The van der Waals surface area contributed by atoms with Crippen molar-refractivity contribution in [1.29, 1.82) is 0 Å². The van der Waals surface area contributed by atoms with Gasteiger partial charge in [0, 0.05) is 48.2 Å². The van der Waals surface area contributed by atoms with Gasteiger partial charge in [-0.1, -0.05) is 96.5 Å². The van der Waals surface area contributed by atoms with Gasteiger partial charge in [0.15, 0.2) is 0 Å². The standard InChI is InChI=1S/C57H56ClN5O9/c58-45-19-13-38(14-20-45)34-63(55(67)42-15-9-37(10-16-42)32-59-33-50(65)47-21-23-49(64)54-48(47)22-24-52(66)60-54)29-30-70-56(68)43-17-11-39(12-18-43)36-71-46-8-4-7-44(31-46)53(41-5-2-1-3-6-41)61-57(69)72-51-35-62-27-25-40(51)26-28-62/h1-24,31,40,50-51,53,59,64-65H,25-30,32-36H2,(H,60,66)(H,61,69). The number of halogens is 1. The molecule has 2 bridgehead atoms. The number of carbonyl (C=O) groups excluding carboxylic acids is 3. The molecule has 14 nitrogen and oxygen atoms in total. The van der Waals surface area contributed by atoms with Crippen molar-refractivity contribution in [3.05, 3.63) is 212 Å². The molecule has 7 aromatic rings. The highest BCUT2D eigenvalue weighted by Gasteiger charge is 2.37. The third-order valence-corrected chi connectivity index (χ3v) is 13.6. The molecule has 0 saturated carbocycles. The van der Waals surface area contributed by atoms with E-state index in [1.807, 2.05) is 78.9 Å². The first-order valence-corrected chi connectivity index (χ1v) is 24.5. The number of ether oxygens (including phenoxy) is 3. The Kier molecular flexibility index (Phi) is 15.9. The van der Waals surface area contributed by atoms with Crippen LogP contribution in [0.15, 0.2) is 156 Å². The van der Waals surface area contributed by atoms with Crippen LogP contribution in [0.5, 0.6) is 11.5 Å². The third kappa shape index (κ3) is 12.5. The molecule has 3 unspecified atom stereocenters. The Hall–Kier alpha value is -7.49. The third-order valence-electron chi connectivity index (χ3n) is 13.3. The second kappa shape index (κ2) is 23.2. The van der Waals surface area contributed by atoms with E-state index in [4.69, 9.17) is 25.8 Å². The number of fused-ring (bicyclic) bond motifs is 4. The lowest BCUT2D eigenvalue weighted by atomic mass is 9.86. The maximum Gasteiger partial charge on any atom is 0.408 e. The fraction of sp³-hybridized carbons (Fsp3) is 0.263. The lowest BCUT2D eigenvalue weighted by Crippen LogP contribution is -2.52. The SMILES string of the molecule is O=C(NC(c1ccccc1)c1cccc(OCc2ccc(C(=O)OCCN(Cc3ccc(Cl)cc3)C(=O)c3ccc(CNCC(O)c4ccc(O)c5[nH]c(=O)ccc45)cc3)cc2)c1)OC1CN2CCC1CC2. The molecule has 5 N–H and O–H groups in total. The Morgan fingerprint density at radius 3 is 2.24 bits per heavy atom. The van der Waals surface area contributed by atoms with E-state index in [1.54, 1.807) is 65.6 Å². The topological polar surface area (TPSA) is 183 Å². The van der Waals surface area contributed by atoms with Crippen LogP contribution in [0.3, 0.4) is 0 Å². The number of aromatic amines is 1. The number of hydrogen-bond donors (Lipinski definition) is 5. The molecule has 3 saturated heterocycles. The molecule has 6 aromatic carbocycles. The summed E-state index contributed by atoms with van der Waals surface area (Å²) in [5.74, 6) is 0.148. The first-order chi connectivity index (χ1) is 35.0. The molecule has 3 aliphatic rings. The number of H-pyrrole nitrogens is 1. The van der Waals surface area contributed by atoms with E-state index >= 15 is 0 Å². The van der Waals surface area contributed by atoms with Crippen molar-refractivity contribution >= 4 is 40.5 Å². The average molecular weight is 991 g/mol. The number of aliphatic hydroxyl groups excluding tert-OH is 1. The van der Waals surface area contributed by atoms with E-state index in [0.717, 1.165) is 60.3 Å². The van der Waals surface area contributed by atoms with Crippen LogP contribution >= 0.6 is 11.6 Å². The van der Waals surface area contributed by atoms with Crippen molar-refractivity contribution in [2.75, 3.05) is 39.3 Å². The van der Waals surface area contributed by atoms with Gasteiger partial charge in [0.1, 0.15) is 30.8 Å². The van der Waals surface area contributed by atoms with Crippen LogP contribution in [0, 0.1) is 5.92 Å². The van der Waals surface area contributed by atoms with E-state index in [-0.39, 0.29) is 61.7 Å². The number of pyridine rings is 1. The zero-order valence-electron chi connectivity index (χ0n) is 39.5. The van der Waals surface area contributed by atoms with Gasteiger partial charge in [0.25, 0.3) is 5.91 Å². The minimum absolute atomic E-state index is 0.0493. The molecule has 2 amide bonds. The summed E-state index contributed by atoms with van der Waals surface area (Å²) in [4.78, 5) is 59.0. The van der Waals surface area contributed by atoms with Crippen molar-refractivity contribution in [3.8, 4) is 11.5 Å². The second-order valence-corrected chi connectivity index (χ2v) is 18.7. The fourth-order valence-corrected chi connectivity index (χ4v) is 9.51. The maximum atomic E-state index is 14.0. The van der Waals surface area contributed by atoms with Crippen molar-refractivity contribution in [3.63, 3.8) is 0 Å². The molecule has 3 atom stereocenters. The average Bonchev–Trinajstić information content (AvgIpc) is 3.41. The Balaban J connectivity index is 0.772. The summed E-state index contributed by atoms with van der Waals surface area (Å²) < 4.78 is 17.9. The number of phenols is 1. The number of aliphatic hydroxyl groups is 1. The van der Waals surface area contributed by atoms with Crippen LogP contribution in [0.1, 0.15) is 79.1 Å². The summed E-state index contributed by atoms with van der Waals surface area (Å²) in [6.45, 7) is 4.05. The van der Waals surface area contributed by atoms with Gasteiger partial charge in [-0.05, 0) is 126 Å². The Morgan fingerprint density at radius 1 is 0.792 bits per heavy atom. The van der Waals surface area contributed by atoms with Gasteiger partial charge in [-0.3, -0.25) is 14.5 Å². The number of hydrogen-bond acceptors (Lipinski definition) is 11. The predicted octanol–water partition coefficient (Wildman–Crippen LogP) is 8.70. The highest BCUT2D eigenvalue weighted by atomic mass is 35.5. The number of alkyl carbamates (subject to hydrolysis) is 1. The maximum absolute atomic E-state index is 14.0. The van der Waals surface area contributed by atoms with Crippen molar-refractivity contribution < 1.29 is 38.8 Å². The van der Waals surface area contributed by atoms with Gasteiger partial charge < -0.3 is 44.9 Å². The highest BCUT2D eigenvalue weighted by Crippen LogP contribution is 2.32. The summed E-state index contributed by atoms with van der Waals surface area (Å²) in [5.41, 5.74) is 5.58. The normalized spacial score (nSPS) is 16.9. The molecule has 0 aliphatic carbocycles. The monoisotopic (exact) mass is 989 g/mol. The van der Waals surface area contributed by atoms with E-state index in [2.05, 4.69) is 20.5 Å². The molecular formula is C57H56ClN5O9. The number of benzene rings is 6. The first-order valence-electron chi connectivity index (χ1n) is 24.1. The molecule has 0 spiro atoms. The van der Waals surface area contributed by atoms with Crippen molar-refractivity contribution in [1.82, 2.24) is 25.4 Å². The van der Waals surface area contributed by atoms with Crippen molar-refractivity contribution in [2.24, 2.45) is 5.92 Å². The lowest BCUT2D eigenvalue weighted by molar-refractivity contribution is -0.0336. The van der Waals surface area contributed by atoms with Gasteiger partial charge in [-0.15, -0.1) is 0 Å². The van der Waals surface area contributed by atoms with Crippen molar-refractivity contribution in [2.45, 2.75) is 50.8 Å². The number of nitrogens with one attached hydrogen (secondary N) is 3. The molecule has 0 radical (unpaired) electrons. The number of esters is 1.